The zero-order chi connectivity index (χ0) is 14.5. The molecule has 0 fully saturated rings. The number of aryl methyl sites for hydroxylation is 1. The summed E-state index contributed by atoms with van der Waals surface area (Å²) in [6.07, 6.45) is 0.262. The molecule has 0 aliphatic rings. The monoisotopic (exact) mass is 274 g/mol. The summed E-state index contributed by atoms with van der Waals surface area (Å²) in [4.78, 5) is 0. The first-order valence-corrected chi connectivity index (χ1v) is 6.76. The average Bonchev–Trinajstić information content (AvgIpc) is 2.46. The normalized spacial score (nSPS) is 12.2. The third kappa shape index (κ3) is 3.58. The van der Waals surface area contributed by atoms with Crippen LogP contribution in [0.15, 0.2) is 42.5 Å². The Morgan fingerprint density at radius 1 is 1.15 bits per heavy atom. The summed E-state index contributed by atoms with van der Waals surface area (Å²) in [6.45, 7) is 4.21. The summed E-state index contributed by atoms with van der Waals surface area (Å²) in [5.41, 5.74) is 2.73. The predicted octanol–water partition coefficient (Wildman–Crippen LogP) is 4.16. The lowest BCUT2D eigenvalue weighted by Crippen LogP contribution is -1.99. The van der Waals surface area contributed by atoms with E-state index in [1.165, 1.54) is 12.1 Å². The van der Waals surface area contributed by atoms with E-state index in [9.17, 15) is 9.50 Å². The van der Waals surface area contributed by atoms with E-state index in [4.69, 9.17) is 4.74 Å². The first kappa shape index (κ1) is 14.5. The Morgan fingerprint density at radius 3 is 2.45 bits per heavy atom. The topological polar surface area (TPSA) is 29.5 Å². The predicted molar refractivity (Wildman–Crippen MR) is 77.2 cm³/mol. The summed E-state index contributed by atoms with van der Waals surface area (Å²) in [7, 11) is 0. The number of rotatable bonds is 5. The first-order chi connectivity index (χ1) is 9.60. The summed E-state index contributed by atoms with van der Waals surface area (Å²) in [5, 5.41) is 9.71. The highest BCUT2D eigenvalue weighted by molar-refractivity contribution is 5.30. The van der Waals surface area contributed by atoms with Gasteiger partial charge in [0.1, 0.15) is 18.2 Å². The van der Waals surface area contributed by atoms with Crippen LogP contribution in [0.3, 0.4) is 0 Å². The maximum Gasteiger partial charge on any atom is 0.123 e. The molecule has 0 bridgehead atoms. The Morgan fingerprint density at radius 2 is 1.85 bits per heavy atom. The minimum absolute atomic E-state index is 0.232. The highest BCUT2D eigenvalue weighted by atomic mass is 19.1. The molecule has 0 unspecified atom stereocenters. The van der Waals surface area contributed by atoms with Crippen molar-refractivity contribution in [3.8, 4) is 5.75 Å². The van der Waals surface area contributed by atoms with E-state index in [1.54, 1.807) is 6.07 Å². The molecule has 0 heterocycles. The van der Waals surface area contributed by atoms with Gasteiger partial charge in [-0.25, -0.2) is 4.39 Å². The number of aliphatic hydroxyl groups excluding tert-OH is 1. The second-order valence-electron chi connectivity index (χ2n) is 4.85. The molecule has 106 valence electrons. The molecule has 20 heavy (non-hydrogen) atoms. The summed E-state index contributed by atoms with van der Waals surface area (Å²) >= 11 is 0. The highest BCUT2D eigenvalue weighted by Crippen LogP contribution is 2.21. The van der Waals surface area contributed by atoms with Gasteiger partial charge < -0.3 is 9.84 Å². The molecule has 0 radical (unpaired) electrons. The first-order valence-electron chi connectivity index (χ1n) is 6.76. The quantitative estimate of drug-likeness (QED) is 0.887. The van der Waals surface area contributed by atoms with Crippen molar-refractivity contribution < 1.29 is 14.2 Å². The molecule has 2 nitrogen and oxygen atoms in total. The lowest BCUT2D eigenvalue weighted by atomic mass is 10.1. The number of aliphatic hydroxyl groups is 1. The van der Waals surface area contributed by atoms with E-state index in [-0.39, 0.29) is 5.82 Å². The largest absolute Gasteiger partial charge is 0.489 e. The Labute approximate surface area is 118 Å². The molecule has 0 aromatic heterocycles. The van der Waals surface area contributed by atoms with Crippen LogP contribution in [0, 0.1) is 12.7 Å². The number of hydrogen-bond donors (Lipinski definition) is 1. The van der Waals surface area contributed by atoms with Crippen molar-refractivity contribution in [3.63, 3.8) is 0 Å². The molecule has 2 rings (SSSR count). The van der Waals surface area contributed by atoms with E-state index in [1.807, 2.05) is 38.1 Å². The molecule has 2 aromatic rings. The van der Waals surface area contributed by atoms with Gasteiger partial charge in [-0.05, 0) is 54.3 Å². The van der Waals surface area contributed by atoms with Crippen molar-refractivity contribution in [1.82, 2.24) is 0 Å². The van der Waals surface area contributed by atoms with Crippen molar-refractivity contribution >= 4 is 0 Å². The summed E-state index contributed by atoms with van der Waals surface area (Å²) < 4.78 is 18.7. The number of benzene rings is 2. The maximum atomic E-state index is 13.0. The zero-order valence-electron chi connectivity index (χ0n) is 11.8. The van der Waals surface area contributed by atoms with Gasteiger partial charge in [0.2, 0.25) is 0 Å². The van der Waals surface area contributed by atoms with Gasteiger partial charge >= 0.3 is 0 Å². The van der Waals surface area contributed by atoms with Crippen LogP contribution < -0.4 is 4.74 Å². The molecule has 0 amide bonds. The fourth-order valence-corrected chi connectivity index (χ4v) is 2.00. The van der Waals surface area contributed by atoms with Crippen LogP contribution in [0.2, 0.25) is 0 Å². The average molecular weight is 274 g/mol. The standard InChI is InChI=1S/C17H19FO2/c1-3-17(19)13-5-8-16(9-6-13)20-11-14-4-7-15(18)10-12(14)2/h4-10,17,19H,3,11H2,1-2H3/t17-/m1/s1. The van der Waals surface area contributed by atoms with E-state index in [0.717, 1.165) is 22.4 Å². The second kappa shape index (κ2) is 6.53. The molecular formula is C17H19FO2. The lowest BCUT2D eigenvalue weighted by molar-refractivity contribution is 0.173. The van der Waals surface area contributed by atoms with Crippen molar-refractivity contribution in [2.45, 2.75) is 33.0 Å². The third-order valence-electron chi connectivity index (χ3n) is 3.35. The SMILES string of the molecule is CC[C@@H](O)c1ccc(OCc2ccc(F)cc2C)cc1. The Bertz CT molecular complexity index is 564. The van der Waals surface area contributed by atoms with Gasteiger partial charge in [-0.1, -0.05) is 25.1 Å². The van der Waals surface area contributed by atoms with E-state index in [0.29, 0.717) is 13.0 Å². The lowest BCUT2D eigenvalue weighted by Gasteiger charge is -2.11. The molecule has 0 spiro atoms. The minimum Gasteiger partial charge on any atom is -0.489 e. The van der Waals surface area contributed by atoms with Crippen LogP contribution in [0.5, 0.6) is 5.75 Å². The second-order valence-corrected chi connectivity index (χ2v) is 4.85. The molecule has 1 N–H and O–H groups in total. The van der Waals surface area contributed by atoms with Gasteiger partial charge in [0.15, 0.2) is 0 Å². The van der Waals surface area contributed by atoms with E-state index in [2.05, 4.69) is 0 Å². The number of hydrogen-bond acceptors (Lipinski definition) is 2. The van der Waals surface area contributed by atoms with Crippen LogP contribution in [0.1, 0.15) is 36.1 Å². The Hall–Kier alpha value is -1.87. The van der Waals surface area contributed by atoms with E-state index >= 15 is 0 Å². The molecule has 0 saturated heterocycles. The van der Waals surface area contributed by atoms with Crippen LogP contribution in [-0.4, -0.2) is 5.11 Å². The zero-order valence-corrected chi connectivity index (χ0v) is 11.8. The van der Waals surface area contributed by atoms with Gasteiger partial charge in [-0.2, -0.15) is 0 Å². The number of ether oxygens (including phenoxy) is 1. The molecular weight excluding hydrogens is 255 g/mol. The summed E-state index contributed by atoms with van der Waals surface area (Å²) in [5.74, 6) is 0.505. The Kier molecular flexibility index (Phi) is 4.74. The van der Waals surface area contributed by atoms with Crippen LogP contribution in [0.25, 0.3) is 0 Å². The van der Waals surface area contributed by atoms with Crippen LogP contribution in [-0.2, 0) is 6.61 Å². The molecule has 2 aromatic carbocycles. The van der Waals surface area contributed by atoms with Crippen LogP contribution >= 0.6 is 0 Å². The minimum atomic E-state index is -0.427. The van der Waals surface area contributed by atoms with E-state index < -0.39 is 6.10 Å². The fraction of sp³-hybridized carbons (Fsp3) is 0.294. The third-order valence-corrected chi connectivity index (χ3v) is 3.35. The molecule has 3 heteroatoms. The maximum absolute atomic E-state index is 13.0. The van der Waals surface area contributed by atoms with Crippen molar-refractivity contribution in [1.29, 1.82) is 0 Å². The molecule has 0 saturated carbocycles. The number of halogens is 1. The van der Waals surface area contributed by atoms with Gasteiger partial charge in [0.05, 0.1) is 6.10 Å². The molecule has 0 aliphatic carbocycles. The van der Waals surface area contributed by atoms with Crippen LogP contribution in [0.4, 0.5) is 4.39 Å². The van der Waals surface area contributed by atoms with Crippen molar-refractivity contribution in [3.05, 3.63) is 65.0 Å². The molecule has 1 atom stereocenters. The van der Waals surface area contributed by atoms with Gasteiger partial charge in [-0.3, -0.25) is 0 Å². The van der Waals surface area contributed by atoms with Crippen molar-refractivity contribution in [2.75, 3.05) is 0 Å². The van der Waals surface area contributed by atoms with Gasteiger partial charge in [0.25, 0.3) is 0 Å². The van der Waals surface area contributed by atoms with Gasteiger partial charge in [-0.15, -0.1) is 0 Å². The Balaban J connectivity index is 2.00. The fourth-order valence-electron chi connectivity index (χ4n) is 2.00. The highest BCUT2D eigenvalue weighted by Gasteiger charge is 2.05. The smallest absolute Gasteiger partial charge is 0.123 e. The van der Waals surface area contributed by atoms with Crippen molar-refractivity contribution in [2.24, 2.45) is 0 Å². The van der Waals surface area contributed by atoms with Gasteiger partial charge in [0, 0.05) is 0 Å². The summed E-state index contributed by atoms with van der Waals surface area (Å²) in [6, 6.07) is 12.1. The molecule has 0 aliphatic heterocycles.